The van der Waals surface area contributed by atoms with E-state index in [0.717, 1.165) is 0 Å². The van der Waals surface area contributed by atoms with Gasteiger partial charge in [-0.05, 0) is 11.6 Å². The summed E-state index contributed by atoms with van der Waals surface area (Å²) in [5.74, 6) is -0.638. The maximum Gasteiger partial charge on any atom is 0.359 e. The number of halogens is 1. The van der Waals surface area contributed by atoms with E-state index < -0.39 is 15.9 Å². The van der Waals surface area contributed by atoms with Gasteiger partial charge in [-0.3, -0.25) is 0 Å². The van der Waals surface area contributed by atoms with Crippen LogP contribution in [0.2, 0.25) is 0 Å². The molecular formula is C13H14FNO3S. The molecule has 6 heteroatoms. The van der Waals surface area contributed by atoms with Crippen molar-refractivity contribution in [3.8, 4) is 0 Å². The van der Waals surface area contributed by atoms with Crippen molar-refractivity contribution in [3.05, 3.63) is 66.2 Å². The molecular weight excluding hydrogens is 269 g/mol. The molecule has 1 aromatic carbocycles. The topological polar surface area (TPSA) is 61.1 Å². The second-order valence-electron chi connectivity index (χ2n) is 3.82. The molecule has 0 unspecified atom stereocenters. The number of benzene rings is 1. The molecule has 0 aliphatic heterocycles. The van der Waals surface area contributed by atoms with Crippen LogP contribution in [0.3, 0.4) is 0 Å². The number of rotatable bonds is 2. The molecule has 0 amide bonds. The Bertz CT molecular complexity index is 594. The van der Waals surface area contributed by atoms with Crippen molar-refractivity contribution in [2.24, 2.45) is 7.05 Å². The summed E-state index contributed by atoms with van der Waals surface area (Å²) in [6, 6.07) is 13.2. The van der Waals surface area contributed by atoms with Crippen molar-refractivity contribution in [2.45, 2.75) is 5.75 Å². The molecule has 1 aromatic heterocycles. The maximum absolute atomic E-state index is 12.3. The summed E-state index contributed by atoms with van der Waals surface area (Å²) in [6.07, 6.45) is 1.66. The molecule has 0 N–H and O–H groups in total. The van der Waals surface area contributed by atoms with Gasteiger partial charge in [0.25, 0.3) is 0 Å². The van der Waals surface area contributed by atoms with Gasteiger partial charge in [0, 0.05) is 12.1 Å². The number of hydrogen-bond donors (Lipinski definition) is 0. The van der Waals surface area contributed by atoms with Gasteiger partial charge in [0.1, 0.15) is 7.05 Å². The van der Waals surface area contributed by atoms with Crippen molar-refractivity contribution >= 4 is 10.1 Å². The quantitative estimate of drug-likeness (QED) is 0.475. The van der Waals surface area contributed by atoms with Gasteiger partial charge >= 0.3 is 5.95 Å². The first-order chi connectivity index (χ1) is 8.88. The zero-order valence-corrected chi connectivity index (χ0v) is 11.2. The highest BCUT2D eigenvalue weighted by molar-refractivity contribution is 7.84. The fraction of sp³-hybridized carbons (Fsp3) is 0.154. The normalized spacial score (nSPS) is 10.5. The maximum atomic E-state index is 12.3. The van der Waals surface area contributed by atoms with Crippen LogP contribution in [0.4, 0.5) is 4.39 Å². The molecule has 0 saturated heterocycles. The van der Waals surface area contributed by atoms with E-state index in [2.05, 4.69) is 0 Å². The lowest BCUT2D eigenvalue weighted by Crippen LogP contribution is -2.31. The Kier molecular flexibility index (Phi) is 5.59. The molecule has 2 rings (SSSR count). The third-order valence-corrected chi connectivity index (χ3v) is 2.86. The zero-order chi connectivity index (χ0) is 14.3. The van der Waals surface area contributed by atoms with Crippen LogP contribution < -0.4 is 4.57 Å². The van der Waals surface area contributed by atoms with E-state index in [1.165, 1.54) is 10.6 Å². The minimum absolute atomic E-state index is 0.215. The van der Waals surface area contributed by atoms with Crippen LogP contribution in [-0.4, -0.2) is 13.0 Å². The molecule has 0 atom stereocenters. The lowest BCUT2D eigenvalue weighted by Gasteiger charge is -2.05. The van der Waals surface area contributed by atoms with Crippen LogP contribution in [0.25, 0.3) is 0 Å². The third kappa shape index (κ3) is 6.64. The fourth-order valence-electron chi connectivity index (χ4n) is 1.28. The van der Waals surface area contributed by atoms with Crippen LogP contribution in [0.1, 0.15) is 5.56 Å². The largest absolute Gasteiger partial charge is 0.748 e. The summed E-state index contributed by atoms with van der Waals surface area (Å²) in [5.41, 5.74) is 0.530. The molecule has 2 aromatic rings. The molecule has 19 heavy (non-hydrogen) atoms. The van der Waals surface area contributed by atoms with E-state index in [1.54, 1.807) is 55.7 Å². The summed E-state index contributed by atoms with van der Waals surface area (Å²) in [5, 5.41) is 0. The first-order valence-electron chi connectivity index (χ1n) is 5.46. The smallest absolute Gasteiger partial charge is 0.359 e. The highest BCUT2D eigenvalue weighted by Crippen LogP contribution is 2.02. The molecule has 0 aliphatic rings. The van der Waals surface area contributed by atoms with Gasteiger partial charge in [0.2, 0.25) is 0 Å². The molecule has 0 bridgehead atoms. The summed E-state index contributed by atoms with van der Waals surface area (Å²) < 4.78 is 44.4. The average Bonchev–Trinajstić information content (AvgIpc) is 2.33. The summed E-state index contributed by atoms with van der Waals surface area (Å²) in [7, 11) is -2.47. The highest BCUT2D eigenvalue weighted by Gasteiger charge is 1.97. The average molecular weight is 283 g/mol. The molecule has 0 saturated carbocycles. The Balaban J connectivity index is 0.000000200. The third-order valence-electron chi connectivity index (χ3n) is 2.18. The predicted octanol–water partition coefficient (Wildman–Crippen LogP) is 1.38. The molecule has 0 fully saturated rings. The van der Waals surface area contributed by atoms with E-state index >= 15 is 0 Å². The van der Waals surface area contributed by atoms with Gasteiger partial charge < -0.3 is 4.55 Å². The summed E-state index contributed by atoms with van der Waals surface area (Å²) in [4.78, 5) is 0. The Morgan fingerprint density at radius 1 is 1.11 bits per heavy atom. The van der Waals surface area contributed by atoms with Crippen molar-refractivity contribution in [1.82, 2.24) is 0 Å². The Hall–Kier alpha value is -1.79. The molecule has 0 radical (unpaired) electrons. The van der Waals surface area contributed by atoms with Crippen molar-refractivity contribution in [2.75, 3.05) is 0 Å². The van der Waals surface area contributed by atoms with Gasteiger partial charge in [-0.25, -0.2) is 8.42 Å². The summed E-state index contributed by atoms with van der Waals surface area (Å²) in [6.45, 7) is 0. The lowest BCUT2D eigenvalue weighted by atomic mass is 10.2. The second-order valence-corrected chi connectivity index (χ2v) is 5.23. The van der Waals surface area contributed by atoms with Gasteiger partial charge in [-0.1, -0.05) is 30.3 Å². The van der Waals surface area contributed by atoms with Crippen molar-refractivity contribution in [3.63, 3.8) is 0 Å². The number of aromatic nitrogens is 1. The molecule has 0 spiro atoms. The highest BCUT2D eigenvalue weighted by atomic mass is 32.2. The van der Waals surface area contributed by atoms with Gasteiger partial charge in [0.05, 0.1) is 15.9 Å². The summed E-state index contributed by atoms with van der Waals surface area (Å²) >= 11 is 0. The van der Waals surface area contributed by atoms with Gasteiger partial charge in [0.15, 0.2) is 6.20 Å². The van der Waals surface area contributed by atoms with Crippen molar-refractivity contribution in [1.29, 1.82) is 0 Å². The minimum Gasteiger partial charge on any atom is -0.748 e. The standard InChI is InChI=1S/C7H8O3S.C6H7FN/c8-11(9,10)6-7-4-2-1-3-5-7;1-8-5-3-2-4-6(8)7/h1-5H,6H2,(H,8,9,10);2-5H,1H3/q;+1/p-1. The predicted molar refractivity (Wildman–Crippen MR) is 67.4 cm³/mol. The molecule has 102 valence electrons. The molecule has 0 aliphatic carbocycles. The van der Waals surface area contributed by atoms with Gasteiger partial charge in [-0.2, -0.15) is 4.57 Å². The van der Waals surface area contributed by atoms with E-state index in [4.69, 9.17) is 0 Å². The number of pyridine rings is 1. The molecule has 1 heterocycles. The van der Waals surface area contributed by atoms with E-state index in [-0.39, 0.29) is 5.95 Å². The van der Waals surface area contributed by atoms with Crippen LogP contribution >= 0.6 is 0 Å². The first kappa shape index (κ1) is 15.3. The minimum atomic E-state index is -4.13. The van der Waals surface area contributed by atoms with E-state index in [1.807, 2.05) is 0 Å². The van der Waals surface area contributed by atoms with Crippen LogP contribution in [0.5, 0.6) is 0 Å². The molecule has 4 nitrogen and oxygen atoms in total. The van der Waals surface area contributed by atoms with E-state index in [0.29, 0.717) is 5.56 Å². The fourth-order valence-corrected chi connectivity index (χ4v) is 1.88. The van der Waals surface area contributed by atoms with Gasteiger partial charge in [-0.15, -0.1) is 4.39 Å². The second kappa shape index (κ2) is 6.96. The van der Waals surface area contributed by atoms with Crippen LogP contribution in [0.15, 0.2) is 54.7 Å². The monoisotopic (exact) mass is 283 g/mol. The number of aryl methyl sites for hydroxylation is 1. The lowest BCUT2D eigenvalue weighted by molar-refractivity contribution is -0.700. The number of nitrogens with zero attached hydrogens (tertiary/aromatic N) is 1. The first-order valence-corrected chi connectivity index (χ1v) is 7.04. The Morgan fingerprint density at radius 2 is 1.68 bits per heavy atom. The zero-order valence-electron chi connectivity index (χ0n) is 10.4. The van der Waals surface area contributed by atoms with Crippen LogP contribution in [0, 0.1) is 5.95 Å². The van der Waals surface area contributed by atoms with E-state index in [9.17, 15) is 17.4 Å². The SMILES string of the molecule is C[n+]1ccccc1F.O=S(=O)([O-])Cc1ccccc1. The number of hydrogen-bond acceptors (Lipinski definition) is 3. The van der Waals surface area contributed by atoms with Crippen LogP contribution in [-0.2, 0) is 22.9 Å². The van der Waals surface area contributed by atoms with Crippen molar-refractivity contribution < 1.29 is 21.9 Å². The Labute approximate surface area is 111 Å². The Morgan fingerprint density at radius 3 is 2.11 bits per heavy atom.